The van der Waals surface area contributed by atoms with Crippen LogP contribution in [0, 0.1) is 12.8 Å². The molecule has 0 fully saturated rings. The summed E-state index contributed by atoms with van der Waals surface area (Å²) in [5.74, 6) is -0.178. The summed E-state index contributed by atoms with van der Waals surface area (Å²) < 4.78 is 0. The summed E-state index contributed by atoms with van der Waals surface area (Å²) >= 11 is 1.69. The molecule has 1 aromatic carbocycles. The number of carbonyl (C=O) groups is 1. The molecule has 0 aliphatic carbocycles. The maximum absolute atomic E-state index is 12.4. The molecule has 5 heteroatoms. The van der Waals surface area contributed by atoms with Crippen molar-refractivity contribution in [3.63, 3.8) is 0 Å². The minimum Gasteiger partial charge on any atom is -0.348 e. The van der Waals surface area contributed by atoms with Gasteiger partial charge in [-0.15, -0.1) is 23.7 Å². The van der Waals surface area contributed by atoms with Crippen LogP contribution in [-0.4, -0.2) is 11.9 Å². The van der Waals surface area contributed by atoms with E-state index in [1.54, 1.807) is 11.3 Å². The average Bonchev–Trinajstić information content (AvgIpc) is 2.92. The summed E-state index contributed by atoms with van der Waals surface area (Å²) in [6, 6.07) is 12.2. The van der Waals surface area contributed by atoms with E-state index in [4.69, 9.17) is 5.73 Å². The maximum Gasteiger partial charge on any atom is 0.224 e. The Morgan fingerprint density at radius 1 is 1.22 bits per heavy atom. The highest BCUT2D eigenvalue weighted by Crippen LogP contribution is 2.27. The molecular formula is C18H25ClN2OS. The number of nitrogens with two attached hydrogens (primary N) is 1. The Morgan fingerprint density at radius 3 is 2.39 bits per heavy atom. The molecule has 0 saturated heterocycles. The first-order valence-corrected chi connectivity index (χ1v) is 8.51. The predicted octanol–water partition coefficient (Wildman–Crippen LogP) is 3.86. The van der Waals surface area contributed by atoms with E-state index < -0.39 is 0 Å². The van der Waals surface area contributed by atoms with Gasteiger partial charge in [0.15, 0.2) is 0 Å². The van der Waals surface area contributed by atoms with Gasteiger partial charge in [-0.1, -0.05) is 37.3 Å². The van der Waals surface area contributed by atoms with E-state index in [0.717, 1.165) is 6.42 Å². The molecule has 3 nitrogen and oxygen atoms in total. The third-order valence-electron chi connectivity index (χ3n) is 4.02. The normalized spacial score (nSPS) is 14.4. The zero-order valence-corrected chi connectivity index (χ0v) is 15.4. The number of aryl methyl sites for hydroxylation is 1. The van der Waals surface area contributed by atoms with Gasteiger partial charge in [0, 0.05) is 16.8 Å². The molecule has 0 bridgehead atoms. The van der Waals surface area contributed by atoms with E-state index in [1.807, 2.05) is 32.0 Å². The Bertz CT molecular complexity index is 612. The summed E-state index contributed by atoms with van der Waals surface area (Å²) in [6.45, 7) is 5.83. The van der Waals surface area contributed by atoms with Crippen LogP contribution in [0.1, 0.15) is 35.9 Å². The van der Waals surface area contributed by atoms with Crippen molar-refractivity contribution in [3.05, 3.63) is 57.8 Å². The van der Waals surface area contributed by atoms with Gasteiger partial charge in [0.05, 0.1) is 6.04 Å². The molecule has 0 spiro atoms. The predicted molar refractivity (Wildman–Crippen MR) is 100 cm³/mol. The largest absolute Gasteiger partial charge is 0.348 e. The molecule has 126 valence electrons. The van der Waals surface area contributed by atoms with Gasteiger partial charge in [0.25, 0.3) is 0 Å². The number of hydrogen-bond donors (Lipinski definition) is 2. The molecule has 0 radical (unpaired) electrons. The lowest BCUT2D eigenvalue weighted by Crippen LogP contribution is -2.40. The van der Waals surface area contributed by atoms with E-state index >= 15 is 0 Å². The third-order valence-corrected chi connectivity index (χ3v) is 5.15. The van der Waals surface area contributed by atoms with E-state index in [-0.39, 0.29) is 36.3 Å². The van der Waals surface area contributed by atoms with Crippen molar-refractivity contribution in [2.24, 2.45) is 11.7 Å². The summed E-state index contributed by atoms with van der Waals surface area (Å²) in [5, 5.41) is 5.25. The van der Waals surface area contributed by atoms with Gasteiger partial charge < -0.3 is 11.1 Å². The Labute approximate surface area is 148 Å². The lowest BCUT2D eigenvalue weighted by atomic mass is 9.99. The molecule has 3 atom stereocenters. The van der Waals surface area contributed by atoms with E-state index in [0.29, 0.717) is 0 Å². The number of hydrogen-bond acceptors (Lipinski definition) is 3. The zero-order chi connectivity index (χ0) is 16.1. The molecule has 3 N–H and O–H groups in total. The molecule has 23 heavy (non-hydrogen) atoms. The maximum atomic E-state index is 12.4. The van der Waals surface area contributed by atoms with Crippen LogP contribution in [0.2, 0.25) is 0 Å². The summed E-state index contributed by atoms with van der Waals surface area (Å²) in [6.07, 6.45) is 0.791. The van der Waals surface area contributed by atoms with Crippen molar-refractivity contribution in [1.82, 2.24) is 5.32 Å². The zero-order valence-electron chi connectivity index (χ0n) is 13.8. The second-order valence-electron chi connectivity index (χ2n) is 5.87. The van der Waals surface area contributed by atoms with Crippen molar-refractivity contribution in [2.45, 2.75) is 39.3 Å². The van der Waals surface area contributed by atoms with Crippen LogP contribution in [0.15, 0.2) is 41.8 Å². The van der Waals surface area contributed by atoms with Crippen molar-refractivity contribution in [1.29, 1.82) is 0 Å². The van der Waals surface area contributed by atoms with Gasteiger partial charge in [-0.2, -0.15) is 0 Å². The van der Waals surface area contributed by atoms with Crippen LogP contribution in [0.5, 0.6) is 0 Å². The SMILES string of the molecule is Cc1ccsc1C(Cc1ccccc1)NC(=O)C(C)C(C)N.Cl. The molecule has 0 aliphatic rings. The smallest absolute Gasteiger partial charge is 0.224 e. The standard InChI is InChI=1S/C18H24N2OS.ClH/c1-12-9-10-22-17(12)16(11-15-7-5-4-6-8-15)20-18(21)13(2)14(3)19;/h4-10,13-14,16H,11,19H2,1-3H3,(H,20,21);1H. The lowest BCUT2D eigenvalue weighted by molar-refractivity contribution is -0.125. The molecule has 1 amide bonds. The Kier molecular flexibility index (Phi) is 7.76. The molecule has 1 aromatic heterocycles. The van der Waals surface area contributed by atoms with E-state index in [2.05, 4.69) is 35.8 Å². The van der Waals surface area contributed by atoms with Crippen LogP contribution in [0.25, 0.3) is 0 Å². The molecule has 0 aliphatic heterocycles. The van der Waals surface area contributed by atoms with Crippen LogP contribution in [-0.2, 0) is 11.2 Å². The first-order valence-electron chi connectivity index (χ1n) is 7.63. The van der Waals surface area contributed by atoms with Crippen LogP contribution in [0.3, 0.4) is 0 Å². The average molecular weight is 353 g/mol. The fourth-order valence-electron chi connectivity index (χ4n) is 2.34. The number of amides is 1. The van der Waals surface area contributed by atoms with Gasteiger partial charge in [-0.25, -0.2) is 0 Å². The molecule has 3 unspecified atom stereocenters. The molecule has 1 heterocycles. The van der Waals surface area contributed by atoms with Gasteiger partial charge in [0.1, 0.15) is 0 Å². The van der Waals surface area contributed by atoms with E-state index in [1.165, 1.54) is 16.0 Å². The number of carbonyl (C=O) groups excluding carboxylic acids is 1. The monoisotopic (exact) mass is 352 g/mol. The van der Waals surface area contributed by atoms with Crippen molar-refractivity contribution in [3.8, 4) is 0 Å². The van der Waals surface area contributed by atoms with Gasteiger partial charge >= 0.3 is 0 Å². The number of thiophene rings is 1. The highest BCUT2D eigenvalue weighted by molar-refractivity contribution is 7.10. The lowest BCUT2D eigenvalue weighted by Gasteiger charge is -2.23. The molecular weight excluding hydrogens is 328 g/mol. The number of nitrogens with one attached hydrogen (secondary N) is 1. The Balaban J connectivity index is 0.00000264. The fourth-order valence-corrected chi connectivity index (χ4v) is 3.32. The minimum absolute atomic E-state index is 0. The second kappa shape index (κ2) is 9.06. The fraction of sp³-hybridized carbons (Fsp3) is 0.389. The molecule has 0 saturated carbocycles. The summed E-state index contributed by atoms with van der Waals surface area (Å²) in [4.78, 5) is 13.6. The number of halogens is 1. The number of rotatable bonds is 6. The van der Waals surface area contributed by atoms with Gasteiger partial charge in [-0.05, 0) is 42.8 Å². The van der Waals surface area contributed by atoms with Crippen LogP contribution < -0.4 is 11.1 Å². The summed E-state index contributed by atoms with van der Waals surface area (Å²) in [7, 11) is 0. The quantitative estimate of drug-likeness (QED) is 0.829. The topological polar surface area (TPSA) is 55.1 Å². The molecule has 2 aromatic rings. The highest BCUT2D eigenvalue weighted by Gasteiger charge is 2.23. The van der Waals surface area contributed by atoms with Crippen LogP contribution in [0.4, 0.5) is 0 Å². The second-order valence-corrected chi connectivity index (χ2v) is 6.81. The Hall–Kier alpha value is -1.36. The van der Waals surface area contributed by atoms with Gasteiger partial charge in [0.2, 0.25) is 5.91 Å². The van der Waals surface area contributed by atoms with Crippen molar-refractivity contribution < 1.29 is 4.79 Å². The molecule has 2 rings (SSSR count). The van der Waals surface area contributed by atoms with Gasteiger partial charge in [-0.3, -0.25) is 4.79 Å². The van der Waals surface area contributed by atoms with Crippen LogP contribution >= 0.6 is 23.7 Å². The Morgan fingerprint density at radius 2 is 1.87 bits per heavy atom. The minimum atomic E-state index is -0.196. The first kappa shape index (κ1) is 19.7. The third kappa shape index (κ3) is 5.34. The summed E-state index contributed by atoms with van der Waals surface area (Å²) in [5.41, 5.74) is 8.29. The number of benzene rings is 1. The van der Waals surface area contributed by atoms with Crippen molar-refractivity contribution >= 4 is 29.7 Å². The van der Waals surface area contributed by atoms with E-state index in [9.17, 15) is 4.79 Å². The highest BCUT2D eigenvalue weighted by atomic mass is 35.5. The van der Waals surface area contributed by atoms with Crippen molar-refractivity contribution in [2.75, 3.05) is 0 Å². The first-order chi connectivity index (χ1) is 10.5.